The van der Waals surface area contributed by atoms with Crippen LogP contribution in [0.2, 0.25) is 0 Å². The molecule has 21 heavy (non-hydrogen) atoms. The first-order chi connectivity index (χ1) is 9.99. The Morgan fingerprint density at radius 3 is 2.48 bits per heavy atom. The SMILES string of the molecule is Cc1ccc(C(O)C(C)NCc2ccccc2F)cc1C. The molecule has 0 aliphatic carbocycles. The molecule has 2 aromatic carbocycles. The van der Waals surface area contributed by atoms with E-state index in [1.54, 1.807) is 12.1 Å². The summed E-state index contributed by atoms with van der Waals surface area (Å²) >= 11 is 0. The predicted molar refractivity (Wildman–Crippen MR) is 83.6 cm³/mol. The molecule has 112 valence electrons. The van der Waals surface area contributed by atoms with Crippen molar-refractivity contribution < 1.29 is 9.50 Å². The Kier molecular flexibility index (Phi) is 5.10. The first-order valence-electron chi connectivity index (χ1n) is 7.21. The van der Waals surface area contributed by atoms with E-state index < -0.39 is 6.10 Å². The van der Waals surface area contributed by atoms with Crippen LogP contribution in [0.3, 0.4) is 0 Å². The van der Waals surface area contributed by atoms with Crippen LogP contribution in [-0.2, 0) is 6.54 Å². The molecular formula is C18H22FNO. The van der Waals surface area contributed by atoms with Gasteiger partial charge in [0.25, 0.3) is 0 Å². The van der Waals surface area contributed by atoms with Crippen molar-refractivity contribution in [3.63, 3.8) is 0 Å². The summed E-state index contributed by atoms with van der Waals surface area (Å²) < 4.78 is 13.6. The Bertz CT molecular complexity index is 612. The molecule has 0 aromatic heterocycles. The molecule has 2 unspecified atom stereocenters. The van der Waals surface area contributed by atoms with Crippen LogP contribution in [0.4, 0.5) is 4.39 Å². The zero-order chi connectivity index (χ0) is 15.4. The van der Waals surface area contributed by atoms with Crippen LogP contribution in [0.5, 0.6) is 0 Å². The Balaban J connectivity index is 2.01. The number of hydrogen-bond acceptors (Lipinski definition) is 2. The van der Waals surface area contributed by atoms with Crippen LogP contribution in [0, 0.1) is 19.7 Å². The highest BCUT2D eigenvalue weighted by atomic mass is 19.1. The van der Waals surface area contributed by atoms with Gasteiger partial charge in [0, 0.05) is 18.2 Å². The molecule has 2 atom stereocenters. The minimum Gasteiger partial charge on any atom is -0.387 e. The quantitative estimate of drug-likeness (QED) is 0.879. The van der Waals surface area contributed by atoms with Crippen LogP contribution in [0.1, 0.15) is 35.3 Å². The van der Waals surface area contributed by atoms with E-state index in [9.17, 15) is 9.50 Å². The highest BCUT2D eigenvalue weighted by molar-refractivity contribution is 5.31. The van der Waals surface area contributed by atoms with E-state index in [1.807, 2.05) is 45.0 Å². The first-order valence-corrected chi connectivity index (χ1v) is 7.21. The summed E-state index contributed by atoms with van der Waals surface area (Å²) in [4.78, 5) is 0. The lowest BCUT2D eigenvalue weighted by atomic mass is 9.99. The van der Waals surface area contributed by atoms with Crippen molar-refractivity contribution in [2.45, 2.75) is 39.5 Å². The average Bonchev–Trinajstić information content (AvgIpc) is 2.48. The number of benzene rings is 2. The van der Waals surface area contributed by atoms with Gasteiger partial charge in [-0.1, -0.05) is 36.4 Å². The maximum absolute atomic E-state index is 13.6. The van der Waals surface area contributed by atoms with E-state index in [-0.39, 0.29) is 11.9 Å². The lowest BCUT2D eigenvalue weighted by molar-refractivity contribution is 0.135. The topological polar surface area (TPSA) is 32.3 Å². The average molecular weight is 287 g/mol. The number of rotatable bonds is 5. The van der Waals surface area contributed by atoms with Gasteiger partial charge in [0.1, 0.15) is 5.82 Å². The monoisotopic (exact) mass is 287 g/mol. The maximum Gasteiger partial charge on any atom is 0.127 e. The van der Waals surface area contributed by atoms with Gasteiger partial charge in [0.15, 0.2) is 0 Å². The summed E-state index contributed by atoms with van der Waals surface area (Å²) in [5.74, 6) is -0.224. The van der Waals surface area contributed by atoms with E-state index in [2.05, 4.69) is 5.32 Å². The van der Waals surface area contributed by atoms with Crippen LogP contribution in [0.15, 0.2) is 42.5 Å². The second-order valence-electron chi connectivity index (χ2n) is 5.55. The van der Waals surface area contributed by atoms with E-state index in [4.69, 9.17) is 0 Å². The minimum absolute atomic E-state index is 0.160. The van der Waals surface area contributed by atoms with Gasteiger partial charge in [-0.15, -0.1) is 0 Å². The van der Waals surface area contributed by atoms with Crippen LogP contribution in [0.25, 0.3) is 0 Å². The molecule has 2 nitrogen and oxygen atoms in total. The second-order valence-corrected chi connectivity index (χ2v) is 5.55. The third-order valence-electron chi connectivity index (χ3n) is 3.92. The van der Waals surface area contributed by atoms with Gasteiger partial charge in [0.05, 0.1) is 6.10 Å². The lowest BCUT2D eigenvalue weighted by Crippen LogP contribution is -2.32. The minimum atomic E-state index is -0.615. The number of aliphatic hydroxyl groups is 1. The van der Waals surface area contributed by atoms with Gasteiger partial charge < -0.3 is 10.4 Å². The summed E-state index contributed by atoms with van der Waals surface area (Å²) in [7, 11) is 0. The Morgan fingerprint density at radius 1 is 1.10 bits per heavy atom. The van der Waals surface area contributed by atoms with Crippen molar-refractivity contribution in [3.8, 4) is 0 Å². The van der Waals surface area contributed by atoms with Gasteiger partial charge in [-0.2, -0.15) is 0 Å². The smallest absolute Gasteiger partial charge is 0.127 e. The van der Waals surface area contributed by atoms with Gasteiger partial charge in [0.2, 0.25) is 0 Å². The van der Waals surface area contributed by atoms with E-state index >= 15 is 0 Å². The Labute approximate surface area is 125 Å². The fourth-order valence-corrected chi connectivity index (χ4v) is 2.26. The molecule has 0 saturated heterocycles. The molecule has 0 heterocycles. The molecule has 3 heteroatoms. The van der Waals surface area contributed by atoms with E-state index in [0.717, 1.165) is 11.1 Å². The van der Waals surface area contributed by atoms with Crippen molar-refractivity contribution in [2.24, 2.45) is 0 Å². The van der Waals surface area contributed by atoms with Crippen LogP contribution in [-0.4, -0.2) is 11.1 Å². The molecule has 0 saturated carbocycles. The van der Waals surface area contributed by atoms with Crippen molar-refractivity contribution in [2.75, 3.05) is 0 Å². The molecule has 2 aromatic rings. The zero-order valence-electron chi connectivity index (χ0n) is 12.7. The van der Waals surface area contributed by atoms with Gasteiger partial charge in [-0.25, -0.2) is 4.39 Å². The number of aryl methyl sites for hydroxylation is 2. The molecule has 0 bridgehead atoms. The lowest BCUT2D eigenvalue weighted by Gasteiger charge is -2.21. The molecule has 0 radical (unpaired) electrons. The van der Waals surface area contributed by atoms with Crippen molar-refractivity contribution in [1.82, 2.24) is 5.32 Å². The molecule has 0 fully saturated rings. The van der Waals surface area contributed by atoms with E-state index in [0.29, 0.717) is 12.1 Å². The molecule has 0 aliphatic heterocycles. The van der Waals surface area contributed by atoms with Gasteiger partial charge >= 0.3 is 0 Å². The fraction of sp³-hybridized carbons (Fsp3) is 0.333. The number of halogens is 1. The summed E-state index contributed by atoms with van der Waals surface area (Å²) in [6.07, 6.45) is -0.615. The molecular weight excluding hydrogens is 265 g/mol. The van der Waals surface area contributed by atoms with Crippen molar-refractivity contribution >= 4 is 0 Å². The highest BCUT2D eigenvalue weighted by Gasteiger charge is 2.16. The summed E-state index contributed by atoms with van der Waals surface area (Å²) in [5, 5.41) is 13.6. The number of aliphatic hydroxyl groups excluding tert-OH is 1. The summed E-state index contributed by atoms with van der Waals surface area (Å²) in [5.41, 5.74) is 3.86. The van der Waals surface area contributed by atoms with Crippen molar-refractivity contribution in [1.29, 1.82) is 0 Å². The molecule has 2 N–H and O–H groups in total. The maximum atomic E-state index is 13.6. The predicted octanol–water partition coefficient (Wildman–Crippen LogP) is 3.65. The standard InChI is InChI=1S/C18H22FNO/c1-12-8-9-15(10-13(12)2)18(21)14(3)20-11-16-6-4-5-7-17(16)19/h4-10,14,18,20-21H,11H2,1-3H3. The van der Waals surface area contributed by atoms with Crippen LogP contribution >= 0.6 is 0 Å². The Hall–Kier alpha value is -1.71. The van der Waals surface area contributed by atoms with Gasteiger partial charge in [-0.3, -0.25) is 0 Å². The third-order valence-corrected chi connectivity index (χ3v) is 3.92. The molecule has 0 aliphatic rings. The fourth-order valence-electron chi connectivity index (χ4n) is 2.26. The number of nitrogens with one attached hydrogen (secondary N) is 1. The van der Waals surface area contributed by atoms with E-state index in [1.165, 1.54) is 11.6 Å². The molecule has 0 amide bonds. The zero-order valence-corrected chi connectivity index (χ0v) is 12.7. The largest absolute Gasteiger partial charge is 0.387 e. The highest BCUT2D eigenvalue weighted by Crippen LogP contribution is 2.20. The van der Waals surface area contributed by atoms with Crippen molar-refractivity contribution in [3.05, 3.63) is 70.5 Å². The Morgan fingerprint density at radius 2 is 1.81 bits per heavy atom. The normalized spacial score (nSPS) is 14.0. The third kappa shape index (κ3) is 3.90. The summed E-state index contributed by atoms with van der Waals surface area (Å²) in [6, 6.07) is 12.5. The van der Waals surface area contributed by atoms with Crippen LogP contribution < -0.4 is 5.32 Å². The molecule has 0 spiro atoms. The second kappa shape index (κ2) is 6.83. The number of hydrogen-bond donors (Lipinski definition) is 2. The molecule has 2 rings (SSSR count). The van der Waals surface area contributed by atoms with Gasteiger partial charge in [-0.05, 0) is 43.5 Å². The first kappa shape index (κ1) is 15.7. The summed E-state index contributed by atoms with van der Waals surface area (Å²) in [6.45, 7) is 6.38.